The summed E-state index contributed by atoms with van der Waals surface area (Å²) in [6.07, 6.45) is 9.99. The summed E-state index contributed by atoms with van der Waals surface area (Å²) in [5.74, 6) is 0. The van der Waals surface area contributed by atoms with E-state index in [1.54, 1.807) is 0 Å². The first kappa shape index (κ1) is 14.6. The highest BCUT2D eigenvalue weighted by molar-refractivity contribution is 5.06. The molecule has 1 aliphatic rings. The number of aromatic nitrogens is 2. The Bertz CT molecular complexity index is 388. The fourth-order valence-corrected chi connectivity index (χ4v) is 3.64. The molecule has 0 bridgehead atoms. The molecule has 1 atom stereocenters. The first-order valence-corrected chi connectivity index (χ1v) is 7.82. The number of hydrogen-bond acceptors (Lipinski definition) is 2. The van der Waals surface area contributed by atoms with Crippen LogP contribution in [0, 0.1) is 5.41 Å². The van der Waals surface area contributed by atoms with E-state index in [9.17, 15) is 0 Å². The SMILES string of the molecule is CCC1(C(Cc2ccn(C(C)C)n2)NC)CCCC1. The maximum absolute atomic E-state index is 4.71. The van der Waals surface area contributed by atoms with E-state index in [2.05, 4.69) is 50.1 Å². The third kappa shape index (κ3) is 3.02. The van der Waals surface area contributed by atoms with E-state index in [0.717, 1.165) is 6.42 Å². The van der Waals surface area contributed by atoms with Crippen LogP contribution < -0.4 is 5.32 Å². The number of nitrogens with one attached hydrogen (secondary N) is 1. The van der Waals surface area contributed by atoms with E-state index in [-0.39, 0.29) is 0 Å². The summed E-state index contributed by atoms with van der Waals surface area (Å²) >= 11 is 0. The Labute approximate surface area is 117 Å². The lowest BCUT2D eigenvalue weighted by molar-refractivity contribution is 0.191. The van der Waals surface area contributed by atoms with Gasteiger partial charge in [-0.3, -0.25) is 4.68 Å². The quantitative estimate of drug-likeness (QED) is 0.850. The van der Waals surface area contributed by atoms with Gasteiger partial charge in [-0.1, -0.05) is 19.8 Å². The van der Waals surface area contributed by atoms with Crippen LogP contribution >= 0.6 is 0 Å². The van der Waals surface area contributed by atoms with Crippen LogP contribution in [0.5, 0.6) is 0 Å². The molecule has 0 aliphatic heterocycles. The predicted molar refractivity (Wildman–Crippen MR) is 80.4 cm³/mol. The van der Waals surface area contributed by atoms with Crippen LogP contribution in [-0.2, 0) is 6.42 Å². The second-order valence-electron chi connectivity index (χ2n) is 6.35. The van der Waals surface area contributed by atoms with Crippen molar-refractivity contribution in [2.45, 2.75) is 71.4 Å². The van der Waals surface area contributed by atoms with E-state index >= 15 is 0 Å². The Balaban J connectivity index is 2.09. The molecule has 0 amide bonds. The Morgan fingerprint density at radius 3 is 2.53 bits per heavy atom. The van der Waals surface area contributed by atoms with Crippen molar-refractivity contribution in [2.75, 3.05) is 7.05 Å². The molecule has 19 heavy (non-hydrogen) atoms. The van der Waals surface area contributed by atoms with Crippen LogP contribution in [0.2, 0.25) is 0 Å². The van der Waals surface area contributed by atoms with Crippen molar-refractivity contribution < 1.29 is 0 Å². The standard InChI is InChI=1S/C16H29N3/c1-5-16(9-6-7-10-16)15(17-4)12-14-8-11-19(18-14)13(2)3/h8,11,13,15,17H,5-7,9-10,12H2,1-4H3. The minimum Gasteiger partial charge on any atom is -0.316 e. The van der Waals surface area contributed by atoms with Crippen LogP contribution in [0.4, 0.5) is 0 Å². The van der Waals surface area contributed by atoms with Crippen molar-refractivity contribution >= 4 is 0 Å². The molecule has 1 fully saturated rings. The molecule has 2 rings (SSSR count). The van der Waals surface area contributed by atoms with E-state index in [1.165, 1.54) is 37.8 Å². The molecule has 1 saturated carbocycles. The highest BCUT2D eigenvalue weighted by Crippen LogP contribution is 2.44. The van der Waals surface area contributed by atoms with Gasteiger partial charge in [0.2, 0.25) is 0 Å². The highest BCUT2D eigenvalue weighted by Gasteiger charge is 2.39. The molecule has 1 aliphatic carbocycles. The van der Waals surface area contributed by atoms with Gasteiger partial charge in [0.1, 0.15) is 0 Å². The second kappa shape index (κ2) is 6.08. The molecule has 1 heterocycles. The van der Waals surface area contributed by atoms with Gasteiger partial charge in [-0.05, 0) is 51.6 Å². The monoisotopic (exact) mass is 263 g/mol. The molecule has 1 aromatic heterocycles. The summed E-state index contributed by atoms with van der Waals surface area (Å²) in [7, 11) is 2.11. The second-order valence-corrected chi connectivity index (χ2v) is 6.35. The fourth-order valence-electron chi connectivity index (χ4n) is 3.64. The molecule has 3 heteroatoms. The van der Waals surface area contributed by atoms with Crippen molar-refractivity contribution in [3.8, 4) is 0 Å². The van der Waals surface area contributed by atoms with Crippen molar-refractivity contribution in [2.24, 2.45) is 5.41 Å². The van der Waals surface area contributed by atoms with Crippen molar-refractivity contribution in [1.29, 1.82) is 0 Å². The average Bonchev–Trinajstić information content (AvgIpc) is 3.05. The fraction of sp³-hybridized carbons (Fsp3) is 0.812. The zero-order valence-corrected chi connectivity index (χ0v) is 12.9. The Morgan fingerprint density at radius 2 is 2.05 bits per heavy atom. The van der Waals surface area contributed by atoms with Gasteiger partial charge < -0.3 is 5.32 Å². The number of rotatable bonds is 6. The summed E-state index contributed by atoms with van der Waals surface area (Å²) < 4.78 is 2.06. The normalized spacial score (nSPS) is 20.1. The smallest absolute Gasteiger partial charge is 0.0640 e. The van der Waals surface area contributed by atoms with Gasteiger partial charge >= 0.3 is 0 Å². The van der Waals surface area contributed by atoms with Crippen molar-refractivity contribution in [3.63, 3.8) is 0 Å². The molecule has 0 aromatic carbocycles. The van der Waals surface area contributed by atoms with Gasteiger partial charge in [0.25, 0.3) is 0 Å². The predicted octanol–water partition coefficient (Wildman–Crippen LogP) is 3.56. The summed E-state index contributed by atoms with van der Waals surface area (Å²) in [4.78, 5) is 0. The zero-order valence-electron chi connectivity index (χ0n) is 12.9. The van der Waals surface area contributed by atoms with Gasteiger partial charge in [0, 0.05) is 24.7 Å². The third-order valence-electron chi connectivity index (χ3n) is 5.00. The molecule has 3 nitrogen and oxygen atoms in total. The largest absolute Gasteiger partial charge is 0.316 e. The van der Waals surface area contributed by atoms with Gasteiger partial charge in [-0.15, -0.1) is 0 Å². The Morgan fingerprint density at radius 1 is 1.37 bits per heavy atom. The topological polar surface area (TPSA) is 29.9 Å². The minimum absolute atomic E-state index is 0.452. The van der Waals surface area contributed by atoms with Crippen LogP contribution in [0.15, 0.2) is 12.3 Å². The van der Waals surface area contributed by atoms with E-state index in [1.807, 2.05) is 0 Å². The first-order valence-electron chi connectivity index (χ1n) is 7.82. The maximum Gasteiger partial charge on any atom is 0.0640 e. The van der Waals surface area contributed by atoms with Crippen LogP contribution in [0.1, 0.15) is 64.6 Å². The Kier molecular flexibility index (Phi) is 4.67. The average molecular weight is 263 g/mol. The van der Waals surface area contributed by atoms with Crippen molar-refractivity contribution in [3.05, 3.63) is 18.0 Å². The molecule has 1 aromatic rings. The lowest BCUT2D eigenvalue weighted by atomic mass is 9.74. The molecule has 0 spiro atoms. The first-order chi connectivity index (χ1) is 9.11. The highest BCUT2D eigenvalue weighted by atomic mass is 15.3. The van der Waals surface area contributed by atoms with Crippen molar-refractivity contribution in [1.82, 2.24) is 15.1 Å². The van der Waals surface area contributed by atoms with E-state index in [4.69, 9.17) is 5.10 Å². The lowest BCUT2D eigenvalue weighted by Gasteiger charge is -2.36. The van der Waals surface area contributed by atoms with Gasteiger partial charge in [0.05, 0.1) is 5.69 Å². The number of likely N-dealkylation sites (N-methyl/N-ethyl adjacent to an activating group) is 1. The molecule has 1 unspecified atom stereocenters. The minimum atomic E-state index is 0.452. The summed E-state index contributed by atoms with van der Waals surface area (Å²) in [6.45, 7) is 6.70. The zero-order chi connectivity index (χ0) is 13.9. The molecule has 108 valence electrons. The molecule has 0 radical (unpaired) electrons. The molecule has 1 N–H and O–H groups in total. The molecular formula is C16H29N3. The van der Waals surface area contributed by atoms with Gasteiger partial charge in [-0.2, -0.15) is 5.10 Å². The van der Waals surface area contributed by atoms with Gasteiger partial charge in [0.15, 0.2) is 0 Å². The molecular weight excluding hydrogens is 234 g/mol. The van der Waals surface area contributed by atoms with E-state index in [0.29, 0.717) is 17.5 Å². The summed E-state index contributed by atoms with van der Waals surface area (Å²) in [6, 6.07) is 3.20. The lowest BCUT2D eigenvalue weighted by Crippen LogP contribution is -2.43. The van der Waals surface area contributed by atoms with Crippen LogP contribution in [-0.4, -0.2) is 22.9 Å². The summed E-state index contributed by atoms with van der Waals surface area (Å²) in [5, 5.41) is 8.28. The van der Waals surface area contributed by atoms with E-state index < -0.39 is 0 Å². The van der Waals surface area contributed by atoms with Gasteiger partial charge in [-0.25, -0.2) is 0 Å². The maximum atomic E-state index is 4.71. The number of nitrogens with zero attached hydrogens (tertiary/aromatic N) is 2. The van der Waals surface area contributed by atoms with Crippen LogP contribution in [0.25, 0.3) is 0 Å². The summed E-state index contributed by atoms with van der Waals surface area (Å²) in [5.41, 5.74) is 1.73. The number of hydrogen-bond donors (Lipinski definition) is 1. The Hall–Kier alpha value is -0.830. The van der Waals surface area contributed by atoms with Crippen LogP contribution in [0.3, 0.4) is 0 Å². The molecule has 0 saturated heterocycles. The third-order valence-corrected chi connectivity index (χ3v) is 5.00.